The zero-order valence-corrected chi connectivity index (χ0v) is 10.5. The van der Waals surface area contributed by atoms with Gasteiger partial charge in [0.2, 0.25) is 5.91 Å². The molecule has 0 spiro atoms. The van der Waals surface area contributed by atoms with Crippen molar-refractivity contribution < 1.29 is 9.90 Å². The summed E-state index contributed by atoms with van der Waals surface area (Å²) in [6.07, 6.45) is 3.97. The first kappa shape index (κ1) is 13.1. The van der Waals surface area contributed by atoms with E-state index in [0.29, 0.717) is 18.7 Å². The Morgan fingerprint density at radius 3 is 2.78 bits per heavy atom. The van der Waals surface area contributed by atoms with Crippen LogP contribution in [0.15, 0.2) is 24.3 Å². The second kappa shape index (κ2) is 5.50. The number of primary amides is 1. The molecule has 4 heteroatoms. The van der Waals surface area contributed by atoms with Gasteiger partial charge < -0.3 is 16.2 Å². The standard InChI is InChI=1S/C14H20N2O2/c15-13(17)12-5-3-4-11(8-12)9-16-10-14(18)6-1-2-7-14/h3-5,8,16,18H,1-2,6-7,9-10H2,(H2,15,17). The van der Waals surface area contributed by atoms with Crippen LogP contribution in [0.1, 0.15) is 41.6 Å². The molecule has 0 unspecified atom stereocenters. The van der Waals surface area contributed by atoms with E-state index in [0.717, 1.165) is 31.2 Å². The van der Waals surface area contributed by atoms with Gasteiger partial charge in [-0.3, -0.25) is 4.79 Å². The Kier molecular flexibility index (Phi) is 3.99. The van der Waals surface area contributed by atoms with Crippen molar-refractivity contribution in [2.24, 2.45) is 5.73 Å². The number of carbonyl (C=O) groups is 1. The number of hydrogen-bond acceptors (Lipinski definition) is 3. The normalized spacial score (nSPS) is 17.8. The summed E-state index contributed by atoms with van der Waals surface area (Å²) in [5.41, 5.74) is 6.22. The van der Waals surface area contributed by atoms with Crippen LogP contribution in [-0.2, 0) is 6.54 Å². The minimum atomic E-state index is -0.540. The lowest BCUT2D eigenvalue weighted by molar-refractivity contribution is 0.0474. The summed E-state index contributed by atoms with van der Waals surface area (Å²) in [5, 5.41) is 13.4. The molecule has 1 aromatic rings. The molecule has 0 saturated heterocycles. The summed E-state index contributed by atoms with van der Waals surface area (Å²) >= 11 is 0. The van der Waals surface area contributed by atoms with E-state index < -0.39 is 11.5 Å². The molecule has 0 bridgehead atoms. The Hall–Kier alpha value is -1.39. The molecule has 18 heavy (non-hydrogen) atoms. The average molecular weight is 248 g/mol. The maximum absolute atomic E-state index is 11.0. The number of nitrogens with one attached hydrogen (secondary N) is 1. The molecule has 1 aliphatic rings. The number of amides is 1. The SMILES string of the molecule is NC(=O)c1cccc(CNCC2(O)CCCC2)c1. The molecule has 98 valence electrons. The fourth-order valence-electron chi connectivity index (χ4n) is 2.48. The topological polar surface area (TPSA) is 75.4 Å². The Labute approximate surface area is 107 Å². The van der Waals surface area contributed by atoms with Crippen LogP contribution in [0.3, 0.4) is 0 Å². The van der Waals surface area contributed by atoms with Gasteiger partial charge in [0.1, 0.15) is 0 Å². The molecule has 0 radical (unpaired) electrons. The van der Waals surface area contributed by atoms with Gasteiger partial charge in [-0.05, 0) is 30.5 Å². The van der Waals surface area contributed by atoms with E-state index in [1.165, 1.54) is 0 Å². The smallest absolute Gasteiger partial charge is 0.248 e. The molecule has 2 rings (SSSR count). The van der Waals surface area contributed by atoms with Crippen molar-refractivity contribution >= 4 is 5.91 Å². The molecule has 1 aromatic carbocycles. The van der Waals surface area contributed by atoms with Gasteiger partial charge in [0.15, 0.2) is 0 Å². The van der Waals surface area contributed by atoms with Crippen molar-refractivity contribution in [1.82, 2.24) is 5.32 Å². The fraction of sp³-hybridized carbons (Fsp3) is 0.500. The molecule has 0 atom stereocenters. The van der Waals surface area contributed by atoms with Gasteiger partial charge in [0.25, 0.3) is 0 Å². The molecule has 4 nitrogen and oxygen atoms in total. The first-order valence-electron chi connectivity index (χ1n) is 6.41. The predicted molar refractivity (Wildman–Crippen MR) is 70.1 cm³/mol. The zero-order valence-electron chi connectivity index (χ0n) is 10.5. The van der Waals surface area contributed by atoms with Gasteiger partial charge in [-0.25, -0.2) is 0 Å². The Balaban J connectivity index is 1.86. The van der Waals surface area contributed by atoms with Gasteiger partial charge in [-0.2, -0.15) is 0 Å². The van der Waals surface area contributed by atoms with Crippen LogP contribution >= 0.6 is 0 Å². The third-order valence-corrected chi connectivity index (χ3v) is 3.53. The minimum Gasteiger partial charge on any atom is -0.389 e. The van der Waals surface area contributed by atoms with Gasteiger partial charge in [0, 0.05) is 18.7 Å². The molecule has 4 N–H and O–H groups in total. The van der Waals surface area contributed by atoms with E-state index in [9.17, 15) is 9.90 Å². The summed E-state index contributed by atoms with van der Waals surface area (Å²) in [6, 6.07) is 7.25. The van der Waals surface area contributed by atoms with E-state index in [2.05, 4.69) is 5.32 Å². The number of hydrogen-bond donors (Lipinski definition) is 3. The van der Waals surface area contributed by atoms with E-state index in [4.69, 9.17) is 5.73 Å². The third-order valence-electron chi connectivity index (χ3n) is 3.53. The van der Waals surface area contributed by atoms with Crippen molar-refractivity contribution in [3.05, 3.63) is 35.4 Å². The fourth-order valence-corrected chi connectivity index (χ4v) is 2.48. The summed E-state index contributed by atoms with van der Waals surface area (Å²) in [4.78, 5) is 11.0. The molecule has 1 amide bonds. The van der Waals surface area contributed by atoms with Crippen molar-refractivity contribution in [3.63, 3.8) is 0 Å². The number of benzene rings is 1. The number of carbonyl (C=O) groups excluding carboxylic acids is 1. The van der Waals surface area contributed by atoms with E-state index >= 15 is 0 Å². The highest BCUT2D eigenvalue weighted by atomic mass is 16.3. The third kappa shape index (κ3) is 3.31. The average Bonchev–Trinajstić information content (AvgIpc) is 2.77. The van der Waals surface area contributed by atoms with Crippen LogP contribution in [0.4, 0.5) is 0 Å². The van der Waals surface area contributed by atoms with Crippen LogP contribution in [-0.4, -0.2) is 23.2 Å². The lowest BCUT2D eigenvalue weighted by atomic mass is 10.0. The van der Waals surface area contributed by atoms with E-state index in [1.54, 1.807) is 12.1 Å². The van der Waals surface area contributed by atoms with Crippen molar-refractivity contribution in [1.29, 1.82) is 0 Å². The molecule has 1 aliphatic carbocycles. The minimum absolute atomic E-state index is 0.411. The van der Waals surface area contributed by atoms with Crippen LogP contribution in [0.5, 0.6) is 0 Å². The highest BCUT2D eigenvalue weighted by Crippen LogP contribution is 2.28. The summed E-state index contributed by atoms with van der Waals surface area (Å²) in [7, 11) is 0. The second-order valence-electron chi connectivity index (χ2n) is 5.10. The van der Waals surface area contributed by atoms with Gasteiger partial charge >= 0.3 is 0 Å². The van der Waals surface area contributed by atoms with Gasteiger partial charge in [-0.1, -0.05) is 25.0 Å². The van der Waals surface area contributed by atoms with E-state index in [-0.39, 0.29) is 0 Å². The van der Waals surface area contributed by atoms with E-state index in [1.807, 2.05) is 12.1 Å². The quantitative estimate of drug-likeness (QED) is 0.732. The van der Waals surface area contributed by atoms with Crippen LogP contribution < -0.4 is 11.1 Å². The predicted octanol–water partition coefficient (Wildman–Crippen LogP) is 1.18. The second-order valence-corrected chi connectivity index (χ2v) is 5.10. The lowest BCUT2D eigenvalue weighted by Gasteiger charge is -2.22. The zero-order chi connectivity index (χ0) is 13.0. The molecular formula is C14H20N2O2. The monoisotopic (exact) mass is 248 g/mol. The molecule has 0 aromatic heterocycles. The number of nitrogens with two attached hydrogens (primary N) is 1. The first-order chi connectivity index (χ1) is 8.59. The molecular weight excluding hydrogens is 228 g/mol. The lowest BCUT2D eigenvalue weighted by Crippen LogP contribution is -2.37. The number of aliphatic hydroxyl groups is 1. The summed E-state index contributed by atoms with van der Waals surface area (Å²) in [6.45, 7) is 1.25. The van der Waals surface area contributed by atoms with Crippen LogP contribution in [0, 0.1) is 0 Å². The Morgan fingerprint density at radius 2 is 2.11 bits per heavy atom. The number of rotatable bonds is 5. The van der Waals surface area contributed by atoms with Gasteiger partial charge in [0.05, 0.1) is 5.60 Å². The van der Waals surface area contributed by atoms with Crippen molar-refractivity contribution in [2.75, 3.05) is 6.54 Å². The maximum Gasteiger partial charge on any atom is 0.248 e. The molecule has 0 heterocycles. The van der Waals surface area contributed by atoms with Crippen LogP contribution in [0.25, 0.3) is 0 Å². The summed E-state index contributed by atoms with van der Waals surface area (Å²) < 4.78 is 0. The first-order valence-corrected chi connectivity index (χ1v) is 6.41. The van der Waals surface area contributed by atoms with Crippen molar-refractivity contribution in [3.8, 4) is 0 Å². The Bertz CT molecular complexity index is 426. The largest absolute Gasteiger partial charge is 0.389 e. The maximum atomic E-state index is 11.0. The molecule has 1 fully saturated rings. The highest BCUT2D eigenvalue weighted by molar-refractivity contribution is 5.92. The van der Waals surface area contributed by atoms with Gasteiger partial charge in [-0.15, -0.1) is 0 Å². The molecule has 1 saturated carbocycles. The Morgan fingerprint density at radius 1 is 1.39 bits per heavy atom. The highest BCUT2D eigenvalue weighted by Gasteiger charge is 2.30. The summed E-state index contributed by atoms with van der Waals surface area (Å²) in [5.74, 6) is -0.411. The molecule has 0 aliphatic heterocycles. The van der Waals surface area contributed by atoms with Crippen LogP contribution in [0.2, 0.25) is 0 Å². The van der Waals surface area contributed by atoms with Crippen molar-refractivity contribution in [2.45, 2.75) is 37.8 Å².